The first kappa shape index (κ1) is 21.5. The molecule has 3 aromatic rings. The van der Waals surface area contributed by atoms with E-state index in [0.29, 0.717) is 24.2 Å². The third-order valence-electron chi connectivity index (χ3n) is 5.20. The van der Waals surface area contributed by atoms with E-state index in [2.05, 4.69) is 5.10 Å². The van der Waals surface area contributed by atoms with Gasteiger partial charge in [-0.1, -0.05) is 12.1 Å². The van der Waals surface area contributed by atoms with Crippen LogP contribution in [0.1, 0.15) is 36.7 Å². The highest BCUT2D eigenvalue weighted by molar-refractivity contribution is 6.03. The van der Waals surface area contributed by atoms with Gasteiger partial charge in [0.15, 0.2) is 0 Å². The largest absolute Gasteiger partial charge is 0.478 e. The molecule has 166 valence electrons. The molecule has 1 amide bonds. The number of carbonyl (C=O) groups is 2. The minimum Gasteiger partial charge on any atom is -0.478 e. The fourth-order valence-electron chi connectivity index (χ4n) is 3.73. The summed E-state index contributed by atoms with van der Waals surface area (Å²) in [5.41, 5.74) is 3.12. The van der Waals surface area contributed by atoms with Crippen molar-refractivity contribution in [1.29, 1.82) is 0 Å². The second-order valence-electron chi connectivity index (χ2n) is 8.90. The SMILES string of the molecule is Cn1ncc2c(-c3ccc(F)cc3C(=O)O)cc(C=C3CN(C(=O)OC(C)(C)C)C3)cc21. The monoisotopic (exact) mass is 437 g/mol. The van der Waals surface area contributed by atoms with Crippen LogP contribution in [0.15, 0.2) is 42.1 Å². The van der Waals surface area contributed by atoms with E-state index in [1.807, 2.05) is 39.0 Å². The molecular formula is C24H24FN3O4. The maximum Gasteiger partial charge on any atom is 0.410 e. The first-order valence-electron chi connectivity index (χ1n) is 10.2. The second kappa shape index (κ2) is 7.78. The van der Waals surface area contributed by atoms with Crippen molar-refractivity contribution in [1.82, 2.24) is 14.7 Å². The molecule has 0 bridgehead atoms. The van der Waals surface area contributed by atoms with Crippen LogP contribution in [0.4, 0.5) is 9.18 Å². The molecule has 2 heterocycles. The van der Waals surface area contributed by atoms with Crippen LogP contribution in [-0.4, -0.2) is 50.5 Å². The van der Waals surface area contributed by atoms with Crippen molar-refractivity contribution in [3.05, 3.63) is 59.0 Å². The number of hydrogen-bond acceptors (Lipinski definition) is 4. The maximum atomic E-state index is 13.7. The molecule has 8 heteroatoms. The summed E-state index contributed by atoms with van der Waals surface area (Å²) in [6, 6.07) is 7.58. The summed E-state index contributed by atoms with van der Waals surface area (Å²) in [7, 11) is 1.80. The smallest absolute Gasteiger partial charge is 0.410 e. The Morgan fingerprint density at radius 2 is 1.88 bits per heavy atom. The van der Waals surface area contributed by atoms with Gasteiger partial charge in [-0.25, -0.2) is 14.0 Å². The van der Waals surface area contributed by atoms with Crippen molar-refractivity contribution in [3.8, 4) is 11.1 Å². The molecule has 1 fully saturated rings. The summed E-state index contributed by atoms with van der Waals surface area (Å²) < 4.78 is 20.8. The number of carboxylic acid groups (broad SMARTS) is 1. The van der Waals surface area contributed by atoms with Crippen LogP contribution in [0.25, 0.3) is 28.1 Å². The average molecular weight is 437 g/mol. The van der Waals surface area contributed by atoms with Crippen LogP contribution in [-0.2, 0) is 11.8 Å². The lowest BCUT2D eigenvalue weighted by Crippen LogP contribution is -2.46. The molecule has 0 atom stereocenters. The van der Waals surface area contributed by atoms with Gasteiger partial charge in [0.05, 0.1) is 17.3 Å². The van der Waals surface area contributed by atoms with Crippen LogP contribution < -0.4 is 0 Å². The highest BCUT2D eigenvalue weighted by atomic mass is 19.1. The zero-order chi connectivity index (χ0) is 23.2. The molecule has 0 spiro atoms. The number of halogens is 1. The van der Waals surface area contributed by atoms with Gasteiger partial charge < -0.3 is 14.7 Å². The molecule has 0 unspecified atom stereocenters. The fourth-order valence-corrected chi connectivity index (χ4v) is 3.73. The van der Waals surface area contributed by atoms with Crippen molar-refractivity contribution in [2.45, 2.75) is 26.4 Å². The molecule has 0 saturated carbocycles. The molecular weight excluding hydrogens is 413 g/mol. The molecule has 1 aliphatic rings. The van der Waals surface area contributed by atoms with Gasteiger partial charge in [0.1, 0.15) is 11.4 Å². The Balaban J connectivity index is 1.71. The molecule has 1 aliphatic heterocycles. The molecule has 32 heavy (non-hydrogen) atoms. The molecule has 1 saturated heterocycles. The summed E-state index contributed by atoms with van der Waals surface area (Å²) in [4.78, 5) is 25.5. The molecule has 7 nitrogen and oxygen atoms in total. The lowest BCUT2D eigenvalue weighted by Gasteiger charge is -2.35. The van der Waals surface area contributed by atoms with Gasteiger partial charge >= 0.3 is 12.1 Å². The number of hydrogen-bond donors (Lipinski definition) is 1. The number of ether oxygens (including phenoxy) is 1. The quantitative estimate of drug-likeness (QED) is 0.641. The van der Waals surface area contributed by atoms with Gasteiger partial charge in [-0.05, 0) is 67.3 Å². The summed E-state index contributed by atoms with van der Waals surface area (Å²) >= 11 is 0. The number of rotatable bonds is 3. The Morgan fingerprint density at radius 3 is 2.53 bits per heavy atom. The van der Waals surface area contributed by atoms with Gasteiger partial charge in [-0.2, -0.15) is 5.10 Å². The fraction of sp³-hybridized carbons (Fsp3) is 0.292. The Morgan fingerprint density at radius 1 is 1.16 bits per heavy atom. The Labute approximate surface area is 184 Å². The van der Waals surface area contributed by atoms with Crippen LogP contribution >= 0.6 is 0 Å². The van der Waals surface area contributed by atoms with Gasteiger partial charge in [0, 0.05) is 25.5 Å². The minimum absolute atomic E-state index is 0.111. The van der Waals surface area contributed by atoms with E-state index in [4.69, 9.17) is 4.74 Å². The summed E-state index contributed by atoms with van der Waals surface area (Å²) in [5.74, 6) is -1.81. The number of amides is 1. The number of carboxylic acids is 1. The van der Waals surface area contributed by atoms with Crippen LogP contribution in [0, 0.1) is 5.82 Å². The van der Waals surface area contributed by atoms with Crippen molar-refractivity contribution in [2.75, 3.05) is 13.1 Å². The number of aryl methyl sites for hydroxylation is 1. The number of aromatic carboxylic acids is 1. The first-order chi connectivity index (χ1) is 15.0. The average Bonchev–Trinajstić information content (AvgIpc) is 3.03. The Hall–Kier alpha value is -3.68. The number of carbonyl (C=O) groups excluding carboxylic acids is 1. The van der Waals surface area contributed by atoms with Gasteiger partial charge in [0.2, 0.25) is 0 Å². The van der Waals surface area contributed by atoms with Crippen molar-refractivity contribution in [3.63, 3.8) is 0 Å². The maximum absolute atomic E-state index is 13.7. The van der Waals surface area contributed by atoms with Crippen LogP contribution in [0.5, 0.6) is 0 Å². The predicted molar refractivity (Wildman–Crippen MR) is 119 cm³/mol. The third kappa shape index (κ3) is 4.21. The molecule has 1 aromatic heterocycles. The van der Waals surface area contributed by atoms with Crippen molar-refractivity contribution < 1.29 is 23.8 Å². The molecule has 0 radical (unpaired) electrons. The van der Waals surface area contributed by atoms with Crippen LogP contribution in [0.2, 0.25) is 0 Å². The highest BCUT2D eigenvalue weighted by Crippen LogP contribution is 2.34. The first-order valence-corrected chi connectivity index (χ1v) is 10.2. The van der Waals surface area contributed by atoms with Gasteiger partial charge in [-0.3, -0.25) is 4.68 Å². The second-order valence-corrected chi connectivity index (χ2v) is 8.90. The highest BCUT2D eigenvalue weighted by Gasteiger charge is 2.29. The lowest BCUT2D eigenvalue weighted by molar-refractivity contribution is 0.0216. The van der Waals surface area contributed by atoms with E-state index in [9.17, 15) is 19.1 Å². The van der Waals surface area contributed by atoms with Crippen molar-refractivity contribution >= 4 is 29.0 Å². The van der Waals surface area contributed by atoms with Crippen molar-refractivity contribution in [2.24, 2.45) is 7.05 Å². The van der Waals surface area contributed by atoms with E-state index < -0.39 is 17.4 Å². The molecule has 1 N–H and O–H groups in total. The Bertz CT molecular complexity index is 1260. The van der Waals surface area contributed by atoms with E-state index in [1.54, 1.807) is 22.8 Å². The summed E-state index contributed by atoms with van der Waals surface area (Å²) in [6.07, 6.45) is 3.29. The summed E-state index contributed by atoms with van der Waals surface area (Å²) in [5, 5.41) is 14.7. The number of aromatic nitrogens is 2. The number of fused-ring (bicyclic) bond motifs is 1. The minimum atomic E-state index is -1.20. The lowest BCUT2D eigenvalue weighted by atomic mass is 9.94. The normalized spacial score (nSPS) is 13.8. The molecule has 4 rings (SSSR count). The number of nitrogens with zero attached hydrogens (tertiary/aromatic N) is 3. The Kier molecular flexibility index (Phi) is 5.24. The van der Waals surface area contributed by atoms with Gasteiger partial charge in [-0.15, -0.1) is 0 Å². The number of likely N-dealkylation sites (tertiary alicyclic amines) is 1. The number of benzene rings is 2. The zero-order valence-corrected chi connectivity index (χ0v) is 18.3. The zero-order valence-electron chi connectivity index (χ0n) is 18.3. The predicted octanol–water partition coefficient (Wildman–Crippen LogP) is 4.71. The van der Waals surface area contributed by atoms with E-state index in [-0.39, 0.29) is 11.7 Å². The van der Waals surface area contributed by atoms with Gasteiger partial charge in [0.25, 0.3) is 0 Å². The molecule has 0 aliphatic carbocycles. The van der Waals surface area contributed by atoms with E-state index >= 15 is 0 Å². The topological polar surface area (TPSA) is 84.7 Å². The summed E-state index contributed by atoms with van der Waals surface area (Å²) in [6.45, 7) is 6.40. The molecule has 2 aromatic carbocycles. The van der Waals surface area contributed by atoms with Crippen LogP contribution in [0.3, 0.4) is 0 Å². The standard InChI is InChI=1S/C24H24FN3O4/c1-24(2,3)32-23(31)28-12-15(13-28)7-14-8-18(20-11-26-27(4)21(20)9-14)17-6-5-16(25)10-19(17)22(29)30/h5-11H,12-13H2,1-4H3,(H,29,30). The van der Waals surface area contributed by atoms with E-state index in [0.717, 1.165) is 28.1 Å². The third-order valence-corrected chi connectivity index (χ3v) is 5.20. The van der Waals surface area contributed by atoms with E-state index in [1.165, 1.54) is 12.1 Å².